The molecule has 5 rings (SSSR count). The Kier molecular flexibility index (Phi) is 3.15. The molecule has 0 saturated heterocycles. The zero-order valence-corrected chi connectivity index (χ0v) is 13.9. The predicted molar refractivity (Wildman–Crippen MR) is 96.4 cm³/mol. The molecule has 3 aromatic rings. The summed E-state index contributed by atoms with van der Waals surface area (Å²) in [5, 5.41) is 0.545. The lowest BCUT2D eigenvalue weighted by Crippen LogP contribution is -2.24. The number of nitrogens with two attached hydrogens (primary N) is 1. The minimum absolute atomic E-state index is 0.125. The van der Waals surface area contributed by atoms with Crippen molar-refractivity contribution in [2.24, 2.45) is 0 Å². The summed E-state index contributed by atoms with van der Waals surface area (Å²) < 4.78 is 27.4. The van der Waals surface area contributed by atoms with E-state index in [1.165, 1.54) is 6.07 Å². The largest absolute Gasteiger partial charge is 0.397 e. The van der Waals surface area contributed by atoms with Gasteiger partial charge in [-0.25, -0.2) is 4.98 Å². The third-order valence-electron chi connectivity index (χ3n) is 4.85. The Labute approximate surface area is 152 Å². The third kappa shape index (κ3) is 2.18. The zero-order chi connectivity index (χ0) is 18.7. The highest BCUT2D eigenvalue weighted by atomic mass is 19.1. The minimum atomic E-state index is -0.925. The van der Waals surface area contributed by atoms with Gasteiger partial charge in [0, 0.05) is 22.2 Å². The summed E-state index contributed by atoms with van der Waals surface area (Å²) in [6, 6.07) is 7.51. The summed E-state index contributed by atoms with van der Waals surface area (Å²) in [5.74, 6) is -2.02. The molecule has 5 nitrogen and oxygen atoms in total. The van der Waals surface area contributed by atoms with Crippen LogP contribution in [0.4, 0.5) is 14.5 Å². The molecule has 1 aliphatic heterocycles. The number of hydrogen-bond acceptors (Lipinski definition) is 4. The molecule has 7 heteroatoms. The van der Waals surface area contributed by atoms with Crippen LogP contribution in [0.3, 0.4) is 0 Å². The quantitative estimate of drug-likeness (QED) is 0.708. The number of halogens is 2. The lowest BCUT2D eigenvalue weighted by molar-refractivity contribution is 0.0831. The first-order chi connectivity index (χ1) is 13.0. The first-order valence-electron chi connectivity index (χ1n) is 8.28. The molecule has 132 valence electrons. The van der Waals surface area contributed by atoms with Crippen LogP contribution in [0.5, 0.6) is 0 Å². The molecule has 0 fully saturated rings. The maximum Gasteiger partial charge on any atom is 0.262 e. The van der Waals surface area contributed by atoms with E-state index in [0.29, 0.717) is 40.0 Å². The van der Waals surface area contributed by atoms with Crippen LogP contribution >= 0.6 is 0 Å². The molecule has 0 bridgehead atoms. The number of carbonyl (C=O) groups is 1. The highest BCUT2D eigenvalue weighted by Gasteiger charge is 2.34. The molecule has 0 spiro atoms. The van der Waals surface area contributed by atoms with E-state index in [1.54, 1.807) is 23.1 Å². The molecule has 2 aromatic heterocycles. The Balaban J connectivity index is 1.74. The number of fused-ring (bicyclic) bond motifs is 2. The van der Waals surface area contributed by atoms with Crippen molar-refractivity contribution in [1.82, 2.24) is 14.9 Å². The van der Waals surface area contributed by atoms with E-state index < -0.39 is 11.9 Å². The summed E-state index contributed by atoms with van der Waals surface area (Å²) >= 11 is 0. The molecule has 27 heavy (non-hydrogen) atoms. The molecule has 2 aliphatic rings. The fourth-order valence-corrected chi connectivity index (χ4v) is 3.47. The first-order valence-corrected chi connectivity index (χ1v) is 8.28. The van der Waals surface area contributed by atoms with Crippen molar-refractivity contribution in [3.05, 3.63) is 77.4 Å². The van der Waals surface area contributed by atoms with Crippen molar-refractivity contribution >= 4 is 22.5 Å². The fourth-order valence-electron chi connectivity index (χ4n) is 3.47. The van der Waals surface area contributed by atoms with E-state index >= 15 is 0 Å². The van der Waals surface area contributed by atoms with Gasteiger partial charge in [-0.3, -0.25) is 4.79 Å². The second-order valence-corrected chi connectivity index (χ2v) is 6.36. The number of allylic oxidation sites excluding steroid dienone is 3. The van der Waals surface area contributed by atoms with Gasteiger partial charge in [-0.2, -0.15) is 13.8 Å². The molecule has 1 aliphatic carbocycles. The van der Waals surface area contributed by atoms with Gasteiger partial charge >= 0.3 is 0 Å². The van der Waals surface area contributed by atoms with Crippen LogP contribution in [-0.4, -0.2) is 20.8 Å². The number of para-hydroxylation sites is 1. The minimum Gasteiger partial charge on any atom is -0.397 e. The van der Waals surface area contributed by atoms with E-state index in [0.717, 1.165) is 11.8 Å². The van der Waals surface area contributed by atoms with Crippen molar-refractivity contribution in [1.29, 1.82) is 0 Å². The Morgan fingerprint density at radius 1 is 1.07 bits per heavy atom. The molecule has 3 heterocycles. The first kappa shape index (κ1) is 15.6. The van der Waals surface area contributed by atoms with Gasteiger partial charge in [0.15, 0.2) is 0 Å². The summed E-state index contributed by atoms with van der Waals surface area (Å²) in [5.41, 5.74) is 9.34. The van der Waals surface area contributed by atoms with Crippen molar-refractivity contribution < 1.29 is 13.6 Å². The lowest BCUT2D eigenvalue weighted by Gasteiger charge is -2.19. The van der Waals surface area contributed by atoms with Gasteiger partial charge in [0.05, 0.1) is 29.0 Å². The third-order valence-corrected chi connectivity index (χ3v) is 4.85. The van der Waals surface area contributed by atoms with Crippen LogP contribution in [-0.2, 0) is 6.54 Å². The topological polar surface area (TPSA) is 72.1 Å². The molecular formula is C20H12F2N4O. The van der Waals surface area contributed by atoms with Crippen molar-refractivity contribution in [2.75, 3.05) is 5.73 Å². The number of carbonyl (C=O) groups excluding carboxylic acids is 1. The van der Waals surface area contributed by atoms with Crippen LogP contribution in [0.25, 0.3) is 22.0 Å². The van der Waals surface area contributed by atoms with E-state index in [-0.39, 0.29) is 11.5 Å². The molecule has 0 unspecified atom stereocenters. The highest BCUT2D eigenvalue weighted by molar-refractivity contribution is 6.12. The standard InChI is InChI=1S/C20H12F2N4O/c21-15-8-7-12(19(22)25-15)11-5-2-6-13-17(23)16-14(24-18(11)13)9-26(20(16)27)10-3-1-4-10/h1-8H,9H2,(H2,23,24). The van der Waals surface area contributed by atoms with Crippen LogP contribution in [0.15, 0.2) is 54.3 Å². The maximum atomic E-state index is 14.2. The average Bonchev–Trinajstić information content (AvgIpc) is 2.90. The second kappa shape index (κ2) is 5.44. The van der Waals surface area contributed by atoms with Gasteiger partial charge in [0.1, 0.15) is 0 Å². The maximum absolute atomic E-state index is 14.2. The molecule has 1 amide bonds. The summed E-state index contributed by atoms with van der Waals surface area (Å²) in [7, 11) is 0. The lowest BCUT2D eigenvalue weighted by atomic mass is 10.00. The number of nitrogen functional groups attached to an aromatic ring is 1. The Hall–Kier alpha value is -3.61. The number of aromatic nitrogens is 2. The molecule has 0 radical (unpaired) electrons. The molecular weight excluding hydrogens is 350 g/mol. The second-order valence-electron chi connectivity index (χ2n) is 6.36. The van der Waals surface area contributed by atoms with Gasteiger partial charge in [-0.1, -0.05) is 24.3 Å². The number of rotatable bonds is 2. The monoisotopic (exact) mass is 362 g/mol. The van der Waals surface area contributed by atoms with E-state index in [9.17, 15) is 13.6 Å². The van der Waals surface area contributed by atoms with Gasteiger partial charge < -0.3 is 10.6 Å². The number of hydrogen-bond donors (Lipinski definition) is 1. The van der Waals surface area contributed by atoms with Crippen LogP contribution in [0.1, 0.15) is 16.1 Å². The molecule has 0 atom stereocenters. The number of amides is 1. The van der Waals surface area contributed by atoms with Crippen LogP contribution in [0.2, 0.25) is 0 Å². The number of anilines is 1. The Morgan fingerprint density at radius 2 is 1.89 bits per heavy atom. The van der Waals surface area contributed by atoms with Gasteiger partial charge in [0.25, 0.3) is 5.91 Å². The molecule has 0 saturated carbocycles. The van der Waals surface area contributed by atoms with Crippen molar-refractivity contribution in [3.8, 4) is 11.1 Å². The van der Waals surface area contributed by atoms with E-state index in [2.05, 4.69) is 9.97 Å². The summed E-state index contributed by atoms with van der Waals surface area (Å²) in [6.07, 6.45) is 5.52. The summed E-state index contributed by atoms with van der Waals surface area (Å²) in [6.45, 7) is 0.295. The summed E-state index contributed by atoms with van der Waals surface area (Å²) in [4.78, 5) is 22.2. The SMILES string of the molecule is Nc1c2c(nc3c(-c4ccc(F)nc4F)cccc13)CN(C1=CC=C1)C2=O. The van der Waals surface area contributed by atoms with E-state index in [1.807, 2.05) is 18.2 Å². The van der Waals surface area contributed by atoms with Gasteiger partial charge in [-0.05, 0) is 24.3 Å². The van der Waals surface area contributed by atoms with Crippen LogP contribution in [0, 0.1) is 11.9 Å². The van der Waals surface area contributed by atoms with Crippen molar-refractivity contribution in [3.63, 3.8) is 0 Å². The Morgan fingerprint density at radius 3 is 2.59 bits per heavy atom. The smallest absolute Gasteiger partial charge is 0.262 e. The number of nitrogens with zero attached hydrogens (tertiary/aromatic N) is 3. The predicted octanol–water partition coefficient (Wildman–Crippen LogP) is 3.57. The highest BCUT2D eigenvalue weighted by Crippen LogP contribution is 2.38. The van der Waals surface area contributed by atoms with Gasteiger partial charge in [0.2, 0.25) is 11.9 Å². The van der Waals surface area contributed by atoms with E-state index in [4.69, 9.17) is 5.73 Å². The average molecular weight is 362 g/mol. The molecule has 1 aromatic carbocycles. The molecule has 2 N–H and O–H groups in total. The number of benzene rings is 1. The zero-order valence-electron chi connectivity index (χ0n) is 13.9. The van der Waals surface area contributed by atoms with Gasteiger partial charge in [-0.15, -0.1) is 0 Å². The van der Waals surface area contributed by atoms with Crippen molar-refractivity contribution in [2.45, 2.75) is 6.54 Å². The fraction of sp³-hybridized carbons (Fsp3) is 0.0500. The number of pyridine rings is 2. The Bertz CT molecular complexity index is 1220. The van der Waals surface area contributed by atoms with Crippen LogP contribution < -0.4 is 5.73 Å². The normalized spacial score (nSPS) is 15.1.